The van der Waals surface area contributed by atoms with Gasteiger partial charge in [0.25, 0.3) is 0 Å². The number of hydrogen-bond donors (Lipinski definition) is 1. The van der Waals surface area contributed by atoms with Crippen molar-refractivity contribution in [3.8, 4) is 6.07 Å². The van der Waals surface area contributed by atoms with Crippen molar-refractivity contribution in [2.45, 2.75) is 0 Å². The van der Waals surface area contributed by atoms with E-state index in [-0.39, 0.29) is 11.0 Å². The molecule has 0 amide bonds. The summed E-state index contributed by atoms with van der Waals surface area (Å²) in [6.45, 7) is 0. The first-order valence-corrected chi connectivity index (χ1v) is 3.26. The van der Waals surface area contributed by atoms with Crippen LogP contribution in [0, 0.1) is 11.3 Å². The lowest BCUT2D eigenvalue weighted by molar-refractivity contribution is 0.320. The molecule has 0 atom stereocenters. The summed E-state index contributed by atoms with van der Waals surface area (Å²) in [6.07, 6.45) is 2.58. The fourth-order valence-electron chi connectivity index (χ4n) is 0.537. The van der Waals surface area contributed by atoms with Crippen molar-refractivity contribution in [2.24, 2.45) is 5.16 Å². The van der Waals surface area contributed by atoms with Crippen molar-refractivity contribution in [3.63, 3.8) is 0 Å². The van der Waals surface area contributed by atoms with Gasteiger partial charge in [-0.2, -0.15) is 5.26 Å². The Bertz CT molecular complexity index is 340. The highest BCUT2D eigenvalue weighted by Crippen LogP contribution is 1.98. The number of rotatable bonds is 1. The number of hydrogen-bond acceptors (Lipinski definition) is 5. The summed E-state index contributed by atoms with van der Waals surface area (Å²) in [4.78, 5) is 7.33. The first-order valence-electron chi connectivity index (χ1n) is 2.88. The second-order valence-electron chi connectivity index (χ2n) is 1.80. The monoisotopic (exact) mass is 182 g/mol. The number of oxime groups is 1. The van der Waals surface area contributed by atoms with E-state index in [0.717, 1.165) is 0 Å². The van der Waals surface area contributed by atoms with Crippen molar-refractivity contribution < 1.29 is 5.21 Å². The van der Waals surface area contributed by atoms with Crippen LogP contribution in [0.5, 0.6) is 0 Å². The zero-order chi connectivity index (χ0) is 8.97. The maximum absolute atomic E-state index is 8.38. The molecule has 0 bridgehead atoms. The molecule has 0 fully saturated rings. The predicted octanol–water partition coefficient (Wildman–Crippen LogP) is 0.723. The van der Waals surface area contributed by atoms with E-state index in [1.165, 1.54) is 12.4 Å². The molecule has 12 heavy (non-hydrogen) atoms. The second kappa shape index (κ2) is 3.64. The van der Waals surface area contributed by atoms with Gasteiger partial charge in [0, 0.05) is 12.4 Å². The average molecular weight is 183 g/mol. The van der Waals surface area contributed by atoms with Gasteiger partial charge in [0.2, 0.25) is 5.17 Å². The molecule has 1 aromatic heterocycles. The van der Waals surface area contributed by atoms with E-state index in [2.05, 4.69) is 15.1 Å². The normalized spacial score (nSPS) is 10.8. The highest BCUT2D eigenvalue weighted by atomic mass is 35.5. The Kier molecular flexibility index (Phi) is 2.56. The Morgan fingerprint density at radius 3 is 2.58 bits per heavy atom. The van der Waals surface area contributed by atoms with E-state index in [9.17, 15) is 0 Å². The number of nitriles is 1. The van der Waals surface area contributed by atoms with Crippen LogP contribution in [0.4, 0.5) is 0 Å². The van der Waals surface area contributed by atoms with E-state index >= 15 is 0 Å². The molecule has 0 aliphatic rings. The van der Waals surface area contributed by atoms with Crippen LogP contribution in [-0.2, 0) is 0 Å². The molecule has 1 aromatic rings. The Morgan fingerprint density at radius 2 is 2.17 bits per heavy atom. The largest absolute Gasteiger partial charge is 0.410 e. The smallest absolute Gasteiger partial charge is 0.212 e. The Hall–Kier alpha value is -1.67. The zero-order valence-corrected chi connectivity index (χ0v) is 6.52. The van der Waals surface area contributed by atoms with Crippen LogP contribution in [0.1, 0.15) is 11.4 Å². The predicted molar refractivity (Wildman–Crippen MR) is 40.9 cm³/mol. The number of aromatic nitrogens is 2. The van der Waals surface area contributed by atoms with Gasteiger partial charge in [-0.1, -0.05) is 16.8 Å². The van der Waals surface area contributed by atoms with Crippen LogP contribution >= 0.6 is 11.6 Å². The van der Waals surface area contributed by atoms with Gasteiger partial charge in [-0.15, -0.1) is 0 Å². The fourth-order valence-corrected chi connectivity index (χ4v) is 0.635. The molecular formula is C6H3ClN4O. The lowest BCUT2D eigenvalue weighted by Gasteiger charge is -1.92. The molecule has 0 radical (unpaired) electrons. The van der Waals surface area contributed by atoms with Crippen molar-refractivity contribution in [1.29, 1.82) is 5.26 Å². The van der Waals surface area contributed by atoms with Crippen molar-refractivity contribution in [2.75, 3.05) is 0 Å². The lowest BCUT2D eigenvalue weighted by atomic mass is 10.4. The molecule has 6 heteroatoms. The summed E-state index contributed by atoms with van der Waals surface area (Å²) in [5.41, 5.74) is 0.321. The second-order valence-corrected chi connectivity index (χ2v) is 2.16. The number of halogens is 1. The van der Waals surface area contributed by atoms with Gasteiger partial charge >= 0.3 is 0 Å². The Morgan fingerprint density at radius 1 is 1.58 bits per heavy atom. The molecule has 0 spiro atoms. The first kappa shape index (κ1) is 8.43. The summed E-state index contributed by atoms with van der Waals surface area (Å²) in [6, 6.07) is 1.84. The van der Waals surface area contributed by atoms with Crippen LogP contribution in [0.25, 0.3) is 0 Å². The van der Waals surface area contributed by atoms with Crippen molar-refractivity contribution >= 4 is 16.8 Å². The van der Waals surface area contributed by atoms with E-state index in [1.807, 2.05) is 6.07 Å². The molecule has 0 aliphatic heterocycles. The van der Waals surface area contributed by atoms with Gasteiger partial charge in [0.1, 0.15) is 6.07 Å². The van der Waals surface area contributed by atoms with E-state index in [1.54, 1.807) is 0 Å². The van der Waals surface area contributed by atoms with E-state index in [4.69, 9.17) is 22.1 Å². The molecule has 60 valence electrons. The first-order chi connectivity index (χ1) is 5.77. The maximum Gasteiger partial charge on any atom is 0.212 e. The third-order valence-corrected chi connectivity index (χ3v) is 1.30. The standard InChI is InChI=1S/C6H3ClN4O/c7-5(11-12)6-9-2-4(1-8)3-10-6/h2-3,12H/b11-5+. The summed E-state index contributed by atoms with van der Waals surface area (Å²) in [5.74, 6) is 0.0816. The molecular weight excluding hydrogens is 180 g/mol. The molecule has 1 N–H and O–H groups in total. The lowest BCUT2D eigenvalue weighted by Crippen LogP contribution is -1.99. The molecule has 0 aliphatic carbocycles. The minimum absolute atomic E-state index is 0.0816. The van der Waals surface area contributed by atoms with Gasteiger partial charge < -0.3 is 5.21 Å². The number of nitrogens with zero attached hydrogens (tertiary/aromatic N) is 4. The van der Waals surface area contributed by atoms with Crippen LogP contribution in [0.3, 0.4) is 0 Å². The molecule has 1 heterocycles. The SMILES string of the molecule is N#Cc1cnc(/C(Cl)=N\O)nc1. The van der Waals surface area contributed by atoms with E-state index in [0.29, 0.717) is 5.56 Å². The summed E-state index contributed by atoms with van der Waals surface area (Å²) in [7, 11) is 0. The summed E-state index contributed by atoms with van der Waals surface area (Å²) < 4.78 is 0. The molecule has 0 aromatic carbocycles. The molecule has 0 saturated carbocycles. The molecule has 0 saturated heterocycles. The van der Waals surface area contributed by atoms with E-state index < -0.39 is 0 Å². The third-order valence-electron chi connectivity index (χ3n) is 1.05. The maximum atomic E-state index is 8.38. The Labute approximate surface area is 72.9 Å². The van der Waals surface area contributed by atoms with Crippen LogP contribution < -0.4 is 0 Å². The minimum Gasteiger partial charge on any atom is -0.410 e. The molecule has 1 rings (SSSR count). The highest BCUT2D eigenvalue weighted by Gasteiger charge is 2.02. The summed E-state index contributed by atoms with van der Waals surface area (Å²) >= 11 is 5.38. The topological polar surface area (TPSA) is 82.2 Å². The quantitative estimate of drug-likeness (QED) is 0.394. The van der Waals surface area contributed by atoms with Crippen LogP contribution in [-0.4, -0.2) is 20.3 Å². The van der Waals surface area contributed by atoms with Crippen LogP contribution in [0.15, 0.2) is 17.5 Å². The van der Waals surface area contributed by atoms with Gasteiger partial charge in [0.05, 0.1) is 5.56 Å². The average Bonchev–Trinajstić information content (AvgIpc) is 2.17. The van der Waals surface area contributed by atoms with Gasteiger partial charge in [-0.3, -0.25) is 0 Å². The zero-order valence-electron chi connectivity index (χ0n) is 5.77. The van der Waals surface area contributed by atoms with Gasteiger partial charge in [-0.05, 0) is 0 Å². The highest BCUT2D eigenvalue weighted by molar-refractivity contribution is 6.68. The van der Waals surface area contributed by atoms with Crippen molar-refractivity contribution in [3.05, 3.63) is 23.8 Å². The third kappa shape index (κ3) is 1.68. The summed E-state index contributed by atoms with van der Waals surface area (Å²) in [5, 5.41) is 19.1. The van der Waals surface area contributed by atoms with Crippen LogP contribution in [0.2, 0.25) is 0 Å². The van der Waals surface area contributed by atoms with Gasteiger partial charge in [0.15, 0.2) is 5.82 Å². The molecule has 5 nitrogen and oxygen atoms in total. The Balaban J connectivity index is 3.02. The minimum atomic E-state index is -0.209. The fraction of sp³-hybridized carbons (Fsp3) is 0. The molecule has 0 unspecified atom stereocenters. The van der Waals surface area contributed by atoms with Gasteiger partial charge in [-0.25, -0.2) is 9.97 Å². The van der Waals surface area contributed by atoms with Crippen molar-refractivity contribution in [1.82, 2.24) is 9.97 Å².